The van der Waals surface area contributed by atoms with Gasteiger partial charge in [-0.25, -0.2) is 8.78 Å². The van der Waals surface area contributed by atoms with Crippen LogP contribution in [0, 0.1) is 11.6 Å². The molecule has 0 amide bonds. The maximum absolute atomic E-state index is 13.8. The van der Waals surface area contributed by atoms with E-state index in [4.69, 9.17) is 0 Å². The summed E-state index contributed by atoms with van der Waals surface area (Å²) in [5.41, 5.74) is 2.12. The highest BCUT2D eigenvalue weighted by atomic mass is 19.1. The molecule has 0 aliphatic heterocycles. The number of benzene rings is 2. The van der Waals surface area contributed by atoms with Gasteiger partial charge in [-0.05, 0) is 43.2 Å². The number of aliphatic hydroxyl groups excluding tert-OH is 1. The van der Waals surface area contributed by atoms with E-state index in [0.29, 0.717) is 25.5 Å². The van der Waals surface area contributed by atoms with Crippen molar-refractivity contribution < 1.29 is 13.9 Å². The summed E-state index contributed by atoms with van der Waals surface area (Å²) in [5.74, 6) is -0.183. The molecule has 7 heteroatoms. The molecule has 148 valence electrons. The molecule has 1 heterocycles. The third-order valence-corrected chi connectivity index (χ3v) is 4.45. The third kappa shape index (κ3) is 4.86. The number of aliphatic imine (C=N–C) groups is 1. The minimum atomic E-state index is -1.02. The number of aromatic amines is 1. The molecular formula is C21H24F2N4O. The molecule has 0 fully saturated rings. The number of halogens is 2. The van der Waals surface area contributed by atoms with Crippen molar-refractivity contribution in [2.45, 2.75) is 19.4 Å². The van der Waals surface area contributed by atoms with E-state index < -0.39 is 11.9 Å². The first-order valence-electron chi connectivity index (χ1n) is 9.28. The van der Waals surface area contributed by atoms with Crippen LogP contribution in [0.3, 0.4) is 0 Å². The molecule has 0 radical (unpaired) electrons. The van der Waals surface area contributed by atoms with Crippen LogP contribution in [0.25, 0.3) is 10.9 Å². The topological polar surface area (TPSA) is 72.4 Å². The van der Waals surface area contributed by atoms with Gasteiger partial charge < -0.3 is 20.7 Å². The fraction of sp³-hybridized carbons (Fsp3) is 0.286. The van der Waals surface area contributed by atoms with E-state index in [2.05, 4.69) is 20.6 Å². The number of H-pyrrole nitrogens is 1. The molecule has 3 aromatic rings. The number of aromatic nitrogens is 1. The van der Waals surface area contributed by atoms with Gasteiger partial charge in [-0.2, -0.15) is 0 Å². The summed E-state index contributed by atoms with van der Waals surface area (Å²) in [5, 5.41) is 17.3. The molecule has 0 aliphatic rings. The van der Waals surface area contributed by atoms with Crippen LogP contribution >= 0.6 is 0 Å². The molecule has 0 saturated heterocycles. The zero-order valence-electron chi connectivity index (χ0n) is 15.7. The highest BCUT2D eigenvalue weighted by Crippen LogP contribution is 2.19. The van der Waals surface area contributed by atoms with Gasteiger partial charge in [-0.1, -0.05) is 18.2 Å². The van der Waals surface area contributed by atoms with E-state index in [9.17, 15) is 13.9 Å². The van der Waals surface area contributed by atoms with Gasteiger partial charge in [0.15, 0.2) is 5.96 Å². The first kappa shape index (κ1) is 19.8. The van der Waals surface area contributed by atoms with Gasteiger partial charge in [0.1, 0.15) is 17.7 Å². The molecule has 1 aromatic heterocycles. The van der Waals surface area contributed by atoms with Crippen molar-refractivity contribution in [1.82, 2.24) is 15.6 Å². The first-order valence-corrected chi connectivity index (χ1v) is 9.28. The molecular weight excluding hydrogens is 362 g/mol. The number of guanidine groups is 1. The molecule has 1 atom stereocenters. The molecule has 5 nitrogen and oxygen atoms in total. The van der Waals surface area contributed by atoms with Gasteiger partial charge in [-0.15, -0.1) is 0 Å². The fourth-order valence-electron chi connectivity index (χ4n) is 3.04. The standard InChI is InChI=1S/C21H24F2N4O/c1-2-24-21(27-13-20(28)16-5-3-4-6-18(16)23)25-10-9-14-12-26-19-8-7-15(22)11-17(14)19/h3-8,11-12,20,26,28H,2,9-10,13H2,1H3,(H2,24,25,27). The van der Waals surface area contributed by atoms with Crippen LogP contribution < -0.4 is 10.6 Å². The maximum atomic E-state index is 13.8. The zero-order valence-corrected chi connectivity index (χ0v) is 15.7. The lowest BCUT2D eigenvalue weighted by Crippen LogP contribution is -2.38. The van der Waals surface area contributed by atoms with E-state index in [1.807, 2.05) is 13.1 Å². The summed E-state index contributed by atoms with van der Waals surface area (Å²) in [6, 6.07) is 10.8. The van der Waals surface area contributed by atoms with Crippen molar-refractivity contribution in [2.75, 3.05) is 19.6 Å². The Balaban J connectivity index is 1.60. The van der Waals surface area contributed by atoms with Crippen LogP contribution in [0.5, 0.6) is 0 Å². The van der Waals surface area contributed by atoms with Crippen LogP contribution in [0.2, 0.25) is 0 Å². The minimum Gasteiger partial charge on any atom is -0.386 e. The van der Waals surface area contributed by atoms with Gasteiger partial charge in [0.05, 0.1) is 6.54 Å². The third-order valence-electron chi connectivity index (χ3n) is 4.45. The van der Waals surface area contributed by atoms with Crippen LogP contribution in [-0.4, -0.2) is 35.7 Å². The van der Waals surface area contributed by atoms with E-state index in [0.717, 1.165) is 16.5 Å². The number of rotatable bonds is 7. The molecule has 1 unspecified atom stereocenters. The van der Waals surface area contributed by atoms with Crippen molar-refractivity contribution in [3.05, 3.63) is 71.4 Å². The summed E-state index contributed by atoms with van der Waals surface area (Å²) in [6.45, 7) is 3.20. The zero-order chi connectivity index (χ0) is 19.9. The fourth-order valence-corrected chi connectivity index (χ4v) is 3.04. The quantitative estimate of drug-likeness (QED) is 0.372. The normalized spacial score (nSPS) is 12.9. The second-order valence-corrected chi connectivity index (χ2v) is 6.44. The van der Waals surface area contributed by atoms with Crippen molar-refractivity contribution in [3.63, 3.8) is 0 Å². The van der Waals surface area contributed by atoms with E-state index >= 15 is 0 Å². The average molecular weight is 386 g/mol. The highest BCUT2D eigenvalue weighted by molar-refractivity contribution is 5.83. The summed E-state index contributed by atoms with van der Waals surface area (Å²) in [7, 11) is 0. The van der Waals surface area contributed by atoms with Gasteiger partial charge in [0.2, 0.25) is 0 Å². The lowest BCUT2D eigenvalue weighted by molar-refractivity contribution is 0.182. The average Bonchev–Trinajstić information content (AvgIpc) is 3.08. The largest absolute Gasteiger partial charge is 0.386 e. The van der Waals surface area contributed by atoms with Gasteiger partial charge >= 0.3 is 0 Å². The van der Waals surface area contributed by atoms with E-state index in [1.54, 1.807) is 24.3 Å². The number of nitrogens with zero attached hydrogens (tertiary/aromatic N) is 1. The summed E-state index contributed by atoms with van der Waals surface area (Å²) in [4.78, 5) is 7.47. The molecule has 0 aliphatic carbocycles. The Labute approximate surface area is 162 Å². The lowest BCUT2D eigenvalue weighted by atomic mass is 10.1. The number of aliphatic hydroxyl groups is 1. The number of hydrogen-bond acceptors (Lipinski definition) is 2. The number of hydrogen-bond donors (Lipinski definition) is 4. The van der Waals surface area contributed by atoms with Crippen molar-refractivity contribution in [1.29, 1.82) is 0 Å². The molecule has 0 bridgehead atoms. The Bertz CT molecular complexity index is 954. The molecule has 28 heavy (non-hydrogen) atoms. The number of fused-ring (bicyclic) bond motifs is 1. The predicted molar refractivity (Wildman–Crippen MR) is 107 cm³/mol. The first-order chi connectivity index (χ1) is 13.6. The van der Waals surface area contributed by atoms with Crippen molar-refractivity contribution in [2.24, 2.45) is 4.99 Å². The van der Waals surface area contributed by atoms with Gasteiger partial charge in [0.25, 0.3) is 0 Å². The second kappa shape index (κ2) is 9.32. The molecule has 4 N–H and O–H groups in total. The maximum Gasteiger partial charge on any atom is 0.191 e. The van der Waals surface area contributed by atoms with Crippen LogP contribution in [0.1, 0.15) is 24.2 Å². The smallest absolute Gasteiger partial charge is 0.191 e. The lowest BCUT2D eigenvalue weighted by Gasteiger charge is -2.13. The predicted octanol–water partition coefficient (Wildman–Crippen LogP) is 3.28. The summed E-state index contributed by atoms with van der Waals surface area (Å²) >= 11 is 0. The van der Waals surface area contributed by atoms with Crippen LogP contribution in [0.4, 0.5) is 8.78 Å². The Hall–Kier alpha value is -2.93. The molecule has 0 spiro atoms. The van der Waals surface area contributed by atoms with Crippen molar-refractivity contribution >= 4 is 16.9 Å². The monoisotopic (exact) mass is 386 g/mol. The Morgan fingerprint density at radius 3 is 2.79 bits per heavy atom. The van der Waals surface area contributed by atoms with Crippen LogP contribution in [-0.2, 0) is 6.42 Å². The number of nitrogens with one attached hydrogen (secondary N) is 3. The van der Waals surface area contributed by atoms with Crippen LogP contribution in [0.15, 0.2) is 53.7 Å². The Morgan fingerprint density at radius 1 is 1.18 bits per heavy atom. The van der Waals surface area contributed by atoms with Crippen molar-refractivity contribution in [3.8, 4) is 0 Å². The van der Waals surface area contributed by atoms with E-state index in [-0.39, 0.29) is 17.9 Å². The summed E-state index contributed by atoms with van der Waals surface area (Å²) in [6.07, 6.45) is 1.52. The highest BCUT2D eigenvalue weighted by Gasteiger charge is 2.12. The molecule has 3 rings (SSSR count). The van der Waals surface area contributed by atoms with Gasteiger partial charge in [-0.3, -0.25) is 4.99 Å². The molecule has 0 saturated carbocycles. The minimum absolute atomic E-state index is 0.0363. The SMILES string of the molecule is CCNC(=NCC(O)c1ccccc1F)NCCc1c[nH]c2ccc(F)cc12. The van der Waals surface area contributed by atoms with Gasteiger partial charge in [0, 0.05) is 35.8 Å². The Kier molecular flexibility index (Phi) is 6.60. The van der Waals surface area contributed by atoms with E-state index in [1.165, 1.54) is 18.2 Å². The second-order valence-electron chi connectivity index (χ2n) is 6.44. The Morgan fingerprint density at radius 2 is 2.00 bits per heavy atom. The molecule has 2 aromatic carbocycles. The summed E-state index contributed by atoms with van der Waals surface area (Å²) < 4.78 is 27.2.